The van der Waals surface area contributed by atoms with E-state index in [1.807, 2.05) is 24.3 Å². The van der Waals surface area contributed by atoms with Crippen molar-refractivity contribution in [1.29, 1.82) is 0 Å². The number of hydrogen-bond donors (Lipinski definition) is 4. The third kappa shape index (κ3) is 4.38. The first-order valence-electron chi connectivity index (χ1n) is 8.20. The highest BCUT2D eigenvalue weighted by Crippen LogP contribution is 2.20. The number of carbonyl (C=O) groups excluding carboxylic acids is 1. The molecule has 4 N–H and O–H groups in total. The second-order valence-corrected chi connectivity index (χ2v) is 6.39. The van der Waals surface area contributed by atoms with E-state index in [1.165, 1.54) is 18.2 Å². The predicted molar refractivity (Wildman–Crippen MR) is 100 cm³/mol. The van der Waals surface area contributed by atoms with Crippen LogP contribution in [0.15, 0.2) is 48.7 Å². The van der Waals surface area contributed by atoms with Crippen molar-refractivity contribution in [2.75, 3.05) is 0 Å². The van der Waals surface area contributed by atoms with Crippen molar-refractivity contribution < 1.29 is 19.1 Å². The number of rotatable bonds is 6. The highest BCUT2D eigenvalue weighted by molar-refractivity contribution is 6.31. The minimum Gasteiger partial charge on any atom is -0.480 e. The summed E-state index contributed by atoms with van der Waals surface area (Å²) in [7, 11) is 0. The van der Waals surface area contributed by atoms with Crippen molar-refractivity contribution in [3.8, 4) is 0 Å². The molecule has 27 heavy (non-hydrogen) atoms. The largest absolute Gasteiger partial charge is 0.480 e. The molecular formula is C19H17ClFN3O3. The first kappa shape index (κ1) is 18.7. The third-order valence-electron chi connectivity index (χ3n) is 4.19. The summed E-state index contributed by atoms with van der Waals surface area (Å²) in [5.74, 6) is -1.71. The Balaban J connectivity index is 1.65. The van der Waals surface area contributed by atoms with Crippen LogP contribution in [0.25, 0.3) is 10.9 Å². The van der Waals surface area contributed by atoms with Crippen LogP contribution >= 0.6 is 11.6 Å². The van der Waals surface area contributed by atoms with Crippen molar-refractivity contribution >= 4 is 34.5 Å². The molecule has 0 saturated carbocycles. The van der Waals surface area contributed by atoms with Gasteiger partial charge in [-0.25, -0.2) is 14.0 Å². The number of aromatic nitrogens is 1. The first-order valence-corrected chi connectivity index (χ1v) is 8.58. The third-order valence-corrected chi connectivity index (χ3v) is 4.54. The molecule has 0 saturated heterocycles. The van der Waals surface area contributed by atoms with Gasteiger partial charge in [0.15, 0.2) is 0 Å². The Kier molecular flexibility index (Phi) is 5.61. The Labute approximate surface area is 159 Å². The van der Waals surface area contributed by atoms with Crippen molar-refractivity contribution in [3.63, 3.8) is 0 Å². The maximum atomic E-state index is 13.7. The van der Waals surface area contributed by atoms with Gasteiger partial charge >= 0.3 is 12.0 Å². The number of nitrogens with one attached hydrogen (secondary N) is 3. The van der Waals surface area contributed by atoms with Gasteiger partial charge in [0.2, 0.25) is 0 Å². The van der Waals surface area contributed by atoms with Gasteiger partial charge in [0.05, 0.1) is 0 Å². The van der Waals surface area contributed by atoms with Crippen LogP contribution < -0.4 is 10.6 Å². The quantitative estimate of drug-likeness (QED) is 0.520. The van der Waals surface area contributed by atoms with E-state index >= 15 is 0 Å². The molecule has 0 unspecified atom stereocenters. The molecule has 0 fully saturated rings. The van der Waals surface area contributed by atoms with E-state index in [4.69, 9.17) is 11.6 Å². The number of carbonyl (C=O) groups is 2. The maximum absolute atomic E-state index is 13.7. The molecule has 2 aromatic carbocycles. The fourth-order valence-electron chi connectivity index (χ4n) is 2.80. The SMILES string of the molecule is O=C(NCc1c(F)cccc1Cl)N[C@@H](Cc1c[nH]c2ccccc12)C(=O)O. The Morgan fingerprint density at radius 3 is 2.70 bits per heavy atom. The number of carboxylic acid groups (broad SMARTS) is 1. The Hall–Kier alpha value is -3.06. The molecule has 0 spiro atoms. The van der Waals surface area contributed by atoms with Crippen molar-refractivity contribution in [2.45, 2.75) is 19.0 Å². The average molecular weight is 390 g/mol. The summed E-state index contributed by atoms with van der Waals surface area (Å²) in [6, 6.07) is 9.83. The van der Waals surface area contributed by atoms with Gasteiger partial charge in [-0.1, -0.05) is 35.9 Å². The summed E-state index contributed by atoms with van der Waals surface area (Å²) in [6.07, 6.45) is 1.83. The van der Waals surface area contributed by atoms with Crippen molar-refractivity contribution in [2.24, 2.45) is 0 Å². The fraction of sp³-hybridized carbons (Fsp3) is 0.158. The van der Waals surface area contributed by atoms with Crippen LogP contribution in [-0.2, 0) is 17.8 Å². The van der Waals surface area contributed by atoms with Crippen LogP contribution in [0.1, 0.15) is 11.1 Å². The first-order chi connectivity index (χ1) is 13.0. The number of carboxylic acids is 1. The number of H-pyrrole nitrogens is 1. The summed E-state index contributed by atoms with van der Waals surface area (Å²) in [5.41, 5.74) is 1.79. The van der Waals surface area contributed by atoms with E-state index in [2.05, 4.69) is 15.6 Å². The van der Waals surface area contributed by atoms with Crippen LogP contribution in [0, 0.1) is 5.82 Å². The molecule has 6 nitrogen and oxygen atoms in total. The summed E-state index contributed by atoms with van der Waals surface area (Å²) >= 11 is 5.91. The Morgan fingerprint density at radius 2 is 1.96 bits per heavy atom. The molecule has 1 heterocycles. The molecule has 1 aromatic heterocycles. The van der Waals surface area contributed by atoms with E-state index in [1.54, 1.807) is 6.20 Å². The van der Waals surface area contributed by atoms with E-state index in [0.717, 1.165) is 16.5 Å². The highest BCUT2D eigenvalue weighted by Gasteiger charge is 2.22. The molecule has 0 aliphatic rings. The summed E-state index contributed by atoms with van der Waals surface area (Å²) in [4.78, 5) is 26.7. The van der Waals surface area contributed by atoms with Crippen molar-refractivity contribution in [3.05, 3.63) is 70.6 Å². The summed E-state index contributed by atoms with van der Waals surface area (Å²) in [6.45, 7) is -0.156. The predicted octanol–water partition coefficient (Wildman–Crippen LogP) is 3.46. The van der Waals surface area contributed by atoms with Crippen LogP contribution in [0.4, 0.5) is 9.18 Å². The molecule has 0 radical (unpaired) electrons. The average Bonchev–Trinajstić information content (AvgIpc) is 3.04. The van der Waals surface area contributed by atoms with Gasteiger partial charge in [-0.3, -0.25) is 0 Å². The summed E-state index contributed by atoms with van der Waals surface area (Å²) in [5, 5.41) is 15.3. The van der Waals surface area contributed by atoms with Crippen LogP contribution in [-0.4, -0.2) is 28.1 Å². The van der Waals surface area contributed by atoms with Gasteiger partial charge in [-0.15, -0.1) is 0 Å². The number of aromatic amines is 1. The second kappa shape index (κ2) is 8.09. The molecule has 3 aromatic rings. The van der Waals surface area contributed by atoms with Gasteiger partial charge in [0, 0.05) is 40.7 Å². The molecule has 2 amide bonds. The Morgan fingerprint density at radius 1 is 1.19 bits per heavy atom. The number of urea groups is 1. The monoisotopic (exact) mass is 389 g/mol. The van der Waals surface area contributed by atoms with E-state index in [9.17, 15) is 19.1 Å². The molecule has 8 heteroatoms. The second-order valence-electron chi connectivity index (χ2n) is 5.98. The lowest BCUT2D eigenvalue weighted by Crippen LogP contribution is -2.47. The van der Waals surface area contributed by atoms with Crippen LogP contribution in [0.5, 0.6) is 0 Å². The molecule has 0 bridgehead atoms. The number of fused-ring (bicyclic) bond motifs is 1. The number of hydrogen-bond acceptors (Lipinski definition) is 2. The lowest BCUT2D eigenvalue weighted by molar-refractivity contribution is -0.139. The van der Waals surface area contributed by atoms with E-state index < -0.39 is 23.9 Å². The van der Waals surface area contributed by atoms with Gasteiger partial charge in [-0.2, -0.15) is 0 Å². The molecule has 0 aliphatic carbocycles. The van der Waals surface area contributed by atoms with Gasteiger partial charge in [0.25, 0.3) is 0 Å². The van der Waals surface area contributed by atoms with Crippen molar-refractivity contribution in [1.82, 2.24) is 15.6 Å². The number of amides is 2. The van der Waals surface area contributed by atoms with Crippen LogP contribution in [0.2, 0.25) is 5.02 Å². The van der Waals surface area contributed by atoms with Gasteiger partial charge in [-0.05, 0) is 23.8 Å². The standard InChI is InChI=1S/C19H17ClFN3O3/c20-14-5-3-6-15(21)13(14)10-23-19(27)24-17(18(25)26)8-11-9-22-16-7-2-1-4-12(11)16/h1-7,9,17,22H,8,10H2,(H,25,26)(H2,23,24,27)/t17-/m0/s1. The Bertz CT molecular complexity index is 969. The lowest BCUT2D eigenvalue weighted by Gasteiger charge is -2.15. The van der Waals surface area contributed by atoms with Gasteiger partial charge < -0.3 is 20.7 Å². The normalized spacial score (nSPS) is 11.9. The number of benzene rings is 2. The zero-order valence-electron chi connectivity index (χ0n) is 14.1. The van der Waals surface area contributed by atoms with E-state index in [0.29, 0.717) is 0 Å². The minimum absolute atomic E-state index is 0.104. The van der Waals surface area contributed by atoms with E-state index in [-0.39, 0.29) is 23.6 Å². The fourth-order valence-corrected chi connectivity index (χ4v) is 3.03. The molecule has 0 aliphatic heterocycles. The molecular weight excluding hydrogens is 373 g/mol. The zero-order valence-corrected chi connectivity index (χ0v) is 14.9. The minimum atomic E-state index is -1.17. The molecule has 3 rings (SSSR count). The smallest absolute Gasteiger partial charge is 0.326 e. The summed E-state index contributed by atoms with van der Waals surface area (Å²) < 4.78 is 13.7. The van der Waals surface area contributed by atoms with Gasteiger partial charge in [0.1, 0.15) is 11.9 Å². The lowest BCUT2D eigenvalue weighted by atomic mass is 10.1. The molecule has 1 atom stereocenters. The number of aliphatic carboxylic acids is 1. The maximum Gasteiger partial charge on any atom is 0.326 e. The number of para-hydroxylation sites is 1. The topological polar surface area (TPSA) is 94.2 Å². The highest BCUT2D eigenvalue weighted by atomic mass is 35.5. The number of halogens is 2. The zero-order chi connectivity index (χ0) is 19.4. The van der Waals surface area contributed by atoms with Crippen LogP contribution in [0.3, 0.4) is 0 Å². The molecule has 140 valence electrons.